The summed E-state index contributed by atoms with van der Waals surface area (Å²) in [6, 6.07) is 58.9. The molecule has 0 saturated carbocycles. The summed E-state index contributed by atoms with van der Waals surface area (Å²) in [5.41, 5.74) is 16.1. The maximum atomic E-state index is 5.12. The van der Waals surface area contributed by atoms with Gasteiger partial charge in [0.15, 0.2) is 0 Å². The number of pyridine rings is 1. The van der Waals surface area contributed by atoms with E-state index >= 15 is 0 Å². The number of rotatable bonds is 5. The zero-order chi connectivity index (χ0) is 35.9. The van der Waals surface area contributed by atoms with E-state index in [-0.39, 0.29) is 5.41 Å². The van der Waals surface area contributed by atoms with Crippen LogP contribution in [0.25, 0.3) is 77.6 Å². The van der Waals surface area contributed by atoms with Crippen LogP contribution in [0.15, 0.2) is 176 Å². The highest BCUT2D eigenvalue weighted by atomic mass is 32.1. The van der Waals surface area contributed by atoms with Gasteiger partial charge in [-0.1, -0.05) is 166 Å². The Morgan fingerprint density at radius 1 is 0.528 bits per heavy atom. The topological polar surface area (TPSA) is 12.9 Å². The molecule has 2 aromatic heterocycles. The van der Waals surface area contributed by atoms with Crippen LogP contribution in [-0.4, -0.2) is 4.98 Å². The van der Waals surface area contributed by atoms with Gasteiger partial charge in [0, 0.05) is 31.7 Å². The molecule has 0 atom stereocenters. The first-order valence-corrected chi connectivity index (χ1v) is 19.1. The number of nitrogens with zero attached hydrogens (tertiary/aromatic N) is 1. The summed E-state index contributed by atoms with van der Waals surface area (Å²) in [5, 5.41) is 1.30. The second-order valence-corrected chi connectivity index (χ2v) is 15.6. The predicted octanol–water partition coefficient (Wildman–Crippen LogP) is 14.4. The summed E-state index contributed by atoms with van der Waals surface area (Å²) in [5.74, 6) is 0. The molecule has 0 amide bonds. The number of hydrogen-bond acceptors (Lipinski definition) is 2. The summed E-state index contributed by atoms with van der Waals surface area (Å²) in [6.07, 6.45) is 5.63. The summed E-state index contributed by atoms with van der Waals surface area (Å²) in [7, 11) is 0. The van der Waals surface area contributed by atoms with E-state index in [1.54, 1.807) is 0 Å². The molecule has 0 N–H and O–H groups in total. The molecule has 1 aliphatic carbocycles. The van der Waals surface area contributed by atoms with Crippen LogP contribution >= 0.6 is 11.3 Å². The van der Waals surface area contributed by atoms with Gasteiger partial charge in [-0.2, -0.15) is 0 Å². The largest absolute Gasteiger partial charge is 0.248 e. The first-order valence-electron chi connectivity index (χ1n) is 18.3. The predicted molar refractivity (Wildman–Crippen MR) is 228 cm³/mol. The van der Waals surface area contributed by atoms with Gasteiger partial charge in [-0.05, 0) is 92.2 Å². The lowest BCUT2D eigenvalue weighted by Gasteiger charge is -2.27. The Kier molecular flexibility index (Phi) is 8.33. The van der Waals surface area contributed by atoms with Crippen molar-refractivity contribution in [1.82, 2.24) is 4.98 Å². The normalized spacial score (nSPS) is 14.1. The van der Waals surface area contributed by atoms with Crippen LogP contribution in [0.1, 0.15) is 41.8 Å². The quantitative estimate of drug-likeness (QED) is 0.174. The Morgan fingerprint density at radius 3 is 1.81 bits per heavy atom. The molecule has 0 fully saturated rings. The minimum Gasteiger partial charge on any atom is -0.248 e. The van der Waals surface area contributed by atoms with Crippen LogP contribution in [0.5, 0.6) is 0 Å². The maximum Gasteiger partial charge on any atom is 0.0715 e. The minimum atomic E-state index is -0.0488. The van der Waals surface area contributed by atoms with Gasteiger partial charge in [-0.3, -0.25) is 0 Å². The molecular weight excluding hydrogens is 659 g/mol. The molecule has 6 aromatic carbocycles. The van der Waals surface area contributed by atoms with Gasteiger partial charge in [0.1, 0.15) is 0 Å². The lowest BCUT2D eigenvalue weighted by Crippen LogP contribution is -2.18. The first kappa shape index (κ1) is 32.8. The molecule has 9 rings (SSSR count). The van der Waals surface area contributed by atoms with Crippen LogP contribution in [0.2, 0.25) is 0 Å². The molecule has 53 heavy (non-hydrogen) atoms. The maximum absolute atomic E-state index is 5.12. The molecule has 0 saturated heterocycles. The smallest absolute Gasteiger partial charge is 0.0715 e. The number of aromatic nitrogens is 1. The standard InChI is InChI=1S/C51H39NS/c1-34-45-31-39(27-28-46(45)51(2,3)29-15-25-44-43-24-12-13-26-49(43)53-50(34)44)42-23-11-10-22-41(42)38-21-14-20-37(30-38)40-32-47(35-16-6-4-7-17-35)52-48(33-40)36-18-8-5-9-19-36/h4-28,30-33H,1,29H2,2-3H3/b25-15-. The molecule has 0 spiro atoms. The molecule has 8 aromatic rings. The van der Waals surface area contributed by atoms with Crippen molar-refractivity contribution in [2.24, 2.45) is 0 Å². The summed E-state index contributed by atoms with van der Waals surface area (Å²) >= 11 is 1.85. The minimum absolute atomic E-state index is 0.0488. The van der Waals surface area contributed by atoms with Crippen LogP contribution in [0.4, 0.5) is 0 Å². The van der Waals surface area contributed by atoms with Crippen molar-refractivity contribution in [2.45, 2.75) is 25.7 Å². The van der Waals surface area contributed by atoms with Gasteiger partial charge in [0.25, 0.3) is 0 Å². The average Bonchev–Trinajstić information content (AvgIpc) is 3.60. The van der Waals surface area contributed by atoms with Gasteiger partial charge in [0.2, 0.25) is 0 Å². The Balaban J connectivity index is 1.16. The van der Waals surface area contributed by atoms with Crippen molar-refractivity contribution >= 4 is 33.1 Å². The van der Waals surface area contributed by atoms with Gasteiger partial charge in [0.05, 0.1) is 11.4 Å². The zero-order valence-corrected chi connectivity index (χ0v) is 30.8. The van der Waals surface area contributed by atoms with Crippen LogP contribution < -0.4 is 0 Å². The Hall–Kier alpha value is -6.09. The summed E-state index contributed by atoms with van der Waals surface area (Å²) < 4.78 is 1.30. The molecule has 0 bridgehead atoms. The third-order valence-electron chi connectivity index (χ3n) is 10.6. The summed E-state index contributed by atoms with van der Waals surface area (Å²) in [6.45, 7) is 9.50. The van der Waals surface area contributed by atoms with E-state index in [1.807, 2.05) is 11.3 Å². The van der Waals surface area contributed by atoms with E-state index in [1.165, 1.54) is 53.9 Å². The van der Waals surface area contributed by atoms with Gasteiger partial charge in [-0.25, -0.2) is 4.98 Å². The van der Waals surface area contributed by atoms with Gasteiger partial charge in [-0.15, -0.1) is 11.3 Å². The van der Waals surface area contributed by atoms with Crippen molar-refractivity contribution in [1.29, 1.82) is 0 Å². The molecule has 0 radical (unpaired) electrons. The second kappa shape index (κ2) is 13.5. The average molecular weight is 698 g/mol. The fourth-order valence-corrected chi connectivity index (χ4v) is 8.95. The Morgan fingerprint density at radius 2 is 1.11 bits per heavy atom. The molecule has 2 heteroatoms. The Labute approximate surface area is 316 Å². The second-order valence-electron chi connectivity index (χ2n) is 14.6. The highest BCUT2D eigenvalue weighted by molar-refractivity contribution is 7.20. The van der Waals surface area contributed by atoms with E-state index in [9.17, 15) is 0 Å². The Bertz CT molecular complexity index is 2620. The highest BCUT2D eigenvalue weighted by Crippen LogP contribution is 2.45. The van der Waals surface area contributed by atoms with E-state index < -0.39 is 0 Å². The molecule has 0 aliphatic heterocycles. The van der Waals surface area contributed by atoms with Crippen molar-refractivity contribution in [2.75, 3.05) is 0 Å². The van der Waals surface area contributed by atoms with Gasteiger partial charge < -0.3 is 0 Å². The van der Waals surface area contributed by atoms with Crippen molar-refractivity contribution < 1.29 is 0 Å². The third-order valence-corrected chi connectivity index (χ3v) is 11.9. The molecule has 254 valence electrons. The fourth-order valence-electron chi connectivity index (χ4n) is 7.77. The van der Waals surface area contributed by atoms with Crippen molar-refractivity contribution in [3.05, 3.63) is 198 Å². The monoisotopic (exact) mass is 697 g/mol. The first-order chi connectivity index (χ1) is 25.9. The molecule has 2 heterocycles. The number of thiophene rings is 1. The molecular formula is C51H39NS. The molecule has 0 unspecified atom stereocenters. The third kappa shape index (κ3) is 6.16. The molecule has 1 aliphatic rings. The van der Waals surface area contributed by atoms with Crippen LogP contribution in [0, 0.1) is 0 Å². The fraction of sp³-hybridized carbons (Fsp3) is 0.0784. The zero-order valence-electron chi connectivity index (χ0n) is 30.0. The number of hydrogen-bond donors (Lipinski definition) is 0. The number of fused-ring (bicyclic) bond motifs is 4. The van der Waals surface area contributed by atoms with E-state index in [0.717, 1.165) is 45.6 Å². The van der Waals surface area contributed by atoms with E-state index in [4.69, 9.17) is 11.6 Å². The van der Waals surface area contributed by atoms with Gasteiger partial charge >= 0.3 is 0 Å². The van der Waals surface area contributed by atoms with E-state index in [0.29, 0.717) is 0 Å². The number of allylic oxidation sites excluding steroid dienone is 1. The molecule has 1 nitrogen and oxygen atoms in total. The summed E-state index contributed by atoms with van der Waals surface area (Å²) in [4.78, 5) is 6.37. The van der Waals surface area contributed by atoms with E-state index in [2.05, 4.69) is 190 Å². The lowest BCUT2D eigenvalue weighted by molar-refractivity contribution is 0.534. The SMILES string of the molecule is C=C1c2cc(-c3ccccc3-c3cccc(-c4cc(-c5ccccc5)nc(-c5ccccc5)c4)c3)ccc2C(C)(C)C/C=C\c2c1sc1ccccc21. The van der Waals surface area contributed by atoms with Crippen LogP contribution in [-0.2, 0) is 5.41 Å². The lowest BCUT2D eigenvalue weighted by atomic mass is 9.77. The van der Waals surface area contributed by atoms with Crippen molar-refractivity contribution in [3.8, 4) is 55.9 Å². The highest BCUT2D eigenvalue weighted by Gasteiger charge is 2.27. The number of benzene rings is 6. The van der Waals surface area contributed by atoms with Crippen LogP contribution in [0.3, 0.4) is 0 Å². The van der Waals surface area contributed by atoms with Crippen molar-refractivity contribution in [3.63, 3.8) is 0 Å².